The van der Waals surface area contributed by atoms with Gasteiger partial charge in [-0.05, 0) is 11.6 Å². The van der Waals surface area contributed by atoms with Gasteiger partial charge in [0, 0.05) is 17.3 Å². The minimum atomic E-state index is -0.473. The van der Waals surface area contributed by atoms with Gasteiger partial charge in [-0.25, -0.2) is 4.79 Å². The summed E-state index contributed by atoms with van der Waals surface area (Å²) in [4.78, 5) is 23.2. The Balaban J connectivity index is 3.26. The van der Waals surface area contributed by atoms with Crippen molar-refractivity contribution < 1.29 is 14.3 Å². The highest BCUT2D eigenvalue weighted by Crippen LogP contribution is 2.17. The van der Waals surface area contributed by atoms with Crippen molar-refractivity contribution in [2.45, 2.75) is 18.7 Å². The van der Waals surface area contributed by atoms with E-state index in [1.165, 1.54) is 7.11 Å². The van der Waals surface area contributed by atoms with E-state index in [1.54, 1.807) is 19.1 Å². The first kappa shape index (κ1) is 12.9. The molecule has 0 fully saturated rings. The molecule has 0 atom stereocenters. The average Bonchev–Trinajstić information content (AvgIpc) is 2.36. The zero-order chi connectivity index (χ0) is 12.1. The number of esters is 1. The van der Waals surface area contributed by atoms with Crippen LogP contribution in [-0.4, -0.2) is 18.9 Å². The second kappa shape index (κ2) is 5.80. The second-order valence-corrected chi connectivity index (χ2v) is 3.84. The molecule has 0 radical (unpaired) electrons. The smallest absolute Gasteiger partial charge is 0.338 e. The Morgan fingerprint density at radius 2 is 2.00 bits per heavy atom. The first-order chi connectivity index (χ1) is 7.63. The van der Waals surface area contributed by atoms with Crippen molar-refractivity contribution in [2.24, 2.45) is 0 Å². The van der Waals surface area contributed by atoms with Gasteiger partial charge >= 0.3 is 5.97 Å². The van der Waals surface area contributed by atoms with Crippen LogP contribution in [0.5, 0.6) is 0 Å². The van der Waals surface area contributed by atoms with Gasteiger partial charge < -0.3 is 4.74 Å². The van der Waals surface area contributed by atoms with E-state index in [-0.39, 0.29) is 5.78 Å². The van der Waals surface area contributed by atoms with Crippen LogP contribution in [0.4, 0.5) is 0 Å². The predicted octanol–water partition coefficient (Wildman–Crippen LogP) is 2.96. The molecule has 0 aliphatic carbocycles. The lowest BCUT2D eigenvalue weighted by atomic mass is 10.00. The minimum absolute atomic E-state index is 0.0541. The normalized spacial score (nSPS) is 9.94. The summed E-state index contributed by atoms with van der Waals surface area (Å²) >= 11 is 3.30. The Hall–Kier alpha value is -1.16. The van der Waals surface area contributed by atoms with Gasteiger partial charge in [-0.2, -0.15) is 0 Å². The fraction of sp³-hybridized carbons (Fsp3) is 0.333. The summed E-state index contributed by atoms with van der Waals surface area (Å²) in [5.74, 6) is -0.527. The third-order valence-electron chi connectivity index (χ3n) is 2.27. The number of carbonyl (C=O) groups excluding carboxylic acids is 2. The van der Waals surface area contributed by atoms with E-state index in [9.17, 15) is 9.59 Å². The van der Waals surface area contributed by atoms with Gasteiger partial charge in [-0.3, -0.25) is 4.79 Å². The van der Waals surface area contributed by atoms with Crippen molar-refractivity contribution in [2.75, 3.05) is 7.11 Å². The van der Waals surface area contributed by atoms with Crippen molar-refractivity contribution in [3.05, 3.63) is 34.9 Å². The molecule has 0 aromatic heterocycles. The Morgan fingerprint density at radius 1 is 1.31 bits per heavy atom. The molecule has 0 amide bonds. The summed E-state index contributed by atoms with van der Waals surface area (Å²) in [6, 6.07) is 5.18. The van der Waals surface area contributed by atoms with Crippen LogP contribution in [0.2, 0.25) is 0 Å². The largest absolute Gasteiger partial charge is 0.465 e. The summed E-state index contributed by atoms with van der Waals surface area (Å²) in [5, 5.41) is 0.636. The number of ether oxygens (including phenoxy) is 1. The molecular formula is C12H13BrO3. The summed E-state index contributed by atoms with van der Waals surface area (Å²) in [7, 11) is 1.31. The van der Waals surface area contributed by atoms with Crippen LogP contribution in [0.3, 0.4) is 0 Å². The molecule has 0 heterocycles. The molecule has 0 bridgehead atoms. The lowest BCUT2D eigenvalue weighted by Crippen LogP contribution is -2.10. The molecule has 0 saturated heterocycles. The molecule has 0 N–H and O–H groups in total. The van der Waals surface area contributed by atoms with Crippen LogP contribution < -0.4 is 0 Å². The predicted molar refractivity (Wildman–Crippen MR) is 65.0 cm³/mol. The third-order valence-corrected chi connectivity index (χ3v) is 2.91. The summed E-state index contributed by atoms with van der Waals surface area (Å²) in [6.45, 7) is 1.77. The van der Waals surface area contributed by atoms with Gasteiger partial charge in [0.1, 0.15) is 0 Å². The van der Waals surface area contributed by atoms with E-state index in [4.69, 9.17) is 0 Å². The average molecular weight is 285 g/mol. The van der Waals surface area contributed by atoms with E-state index in [1.807, 2.05) is 6.07 Å². The zero-order valence-electron chi connectivity index (χ0n) is 9.25. The highest BCUT2D eigenvalue weighted by Gasteiger charge is 2.16. The fourth-order valence-corrected chi connectivity index (χ4v) is 1.74. The quantitative estimate of drug-likeness (QED) is 0.485. The fourth-order valence-electron chi connectivity index (χ4n) is 1.39. The molecule has 0 aliphatic heterocycles. The Bertz CT molecular complexity index is 413. The van der Waals surface area contributed by atoms with E-state index in [2.05, 4.69) is 20.7 Å². The van der Waals surface area contributed by atoms with Gasteiger partial charge in [-0.15, -0.1) is 0 Å². The highest BCUT2D eigenvalue weighted by atomic mass is 79.9. The number of carbonyl (C=O) groups is 2. The van der Waals surface area contributed by atoms with E-state index in [0.717, 1.165) is 5.56 Å². The molecule has 3 nitrogen and oxygen atoms in total. The van der Waals surface area contributed by atoms with Gasteiger partial charge in [-0.1, -0.05) is 35.0 Å². The Morgan fingerprint density at radius 3 is 2.50 bits per heavy atom. The van der Waals surface area contributed by atoms with Crippen molar-refractivity contribution in [3.63, 3.8) is 0 Å². The second-order valence-electron chi connectivity index (χ2n) is 3.28. The standard InChI is InChI=1S/C12H13BrO3/c1-3-11(14)9-5-4-8(7-13)6-10(9)12(15)16-2/h4-6H,3,7H2,1-2H3. The third kappa shape index (κ3) is 2.70. The number of hydrogen-bond acceptors (Lipinski definition) is 3. The number of alkyl halides is 1. The summed E-state index contributed by atoms with van der Waals surface area (Å²) in [6.07, 6.45) is 0.373. The minimum Gasteiger partial charge on any atom is -0.465 e. The van der Waals surface area contributed by atoms with Crippen LogP contribution in [0.1, 0.15) is 39.6 Å². The lowest BCUT2D eigenvalue weighted by Gasteiger charge is -2.07. The van der Waals surface area contributed by atoms with Gasteiger partial charge in [0.15, 0.2) is 5.78 Å². The monoisotopic (exact) mass is 284 g/mol. The Kier molecular flexibility index (Phi) is 4.68. The number of methoxy groups -OCH3 is 1. The number of rotatable bonds is 4. The number of ketones is 1. The number of halogens is 1. The maximum atomic E-state index is 11.6. The molecule has 4 heteroatoms. The first-order valence-electron chi connectivity index (χ1n) is 4.94. The van der Waals surface area contributed by atoms with Crippen LogP contribution >= 0.6 is 15.9 Å². The maximum absolute atomic E-state index is 11.6. The van der Waals surface area contributed by atoms with Gasteiger partial charge in [0.2, 0.25) is 0 Å². The van der Waals surface area contributed by atoms with E-state index in [0.29, 0.717) is 22.9 Å². The van der Waals surface area contributed by atoms with Gasteiger partial charge in [0.05, 0.1) is 12.7 Å². The van der Waals surface area contributed by atoms with Crippen molar-refractivity contribution in [1.82, 2.24) is 0 Å². The maximum Gasteiger partial charge on any atom is 0.338 e. The SMILES string of the molecule is CCC(=O)c1ccc(CBr)cc1C(=O)OC. The van der Waals surface area contributed by atoms with Crippen LogP contribution in [0.25, 0.3) is 0 Å². The lowest BCUT2D eigenvalue weighted by molar-refractivity contribution is 0.0597. The topological polar surface area (TPSA) is 43.4 Å². The molecule has 1 aromatic carbocycles. The Labute approximate surface area is 103 Å². The molecule has 0 aliphatic rings. The molecule has 0 saturated carbocycles. The molecule has 0 unspecified atom stereocenters. The molecule has 0 spiro atoms. The van der Waals surface area contributed by atoms with Crippen molar-refractivity contribution in [3.8, 4) is 0 Å². The van der Waals surface area contributed by atoms with Crippen molar-refractivity contribution >= 4 is 27.7 Å². The van der Waals surface area contributed by atoms with Crippen LogP contribution in [0.15, 0.2) is 18.2 Å². The summed E-state index contributed by atoms with van der Waals surface area (Å²) in [5.41, 5.74) is 1.71. The van der Waals surface area contributed by atoms with E-state index >= 15 is 0 Å². The molecule has 16 heavy (non-hydrogen) atoms. The number of hydrogen-bond donors (Lipinski definition) is 0. The number of Topliss-reactive ketones (excluding diaryl/α,β-unsaturated/α-hetero) is 1. The summed E-state index contributed by atoms with van der Waals surface area (Å²) < 4.78 is 4.66. The zero-order valence-corrected chi connectivity index (χ0v) is 10.8. The molecular weight excluding hydrogens is 272 g/mol. The van der Waals surface area contributed by atoms with Crippen molar-refractivity contribution in [1.29, 1.82) is 0 Å². The van der Waals surface area contributed by atoms with Crippen LogP contribution in [-0.2, 0) is 10.1 Å². The van der Waals surface area contributed by atoms with Crippen LogP contribution in [0, 0.1) is 0 Å². The van der Waals surface area contributed by atoms with E-state index < -0.39 is 5.97 Å². The highest BCUT2D eigenvalue weighted by molar-refractivity contribution is 9.08. The molecule has 86 valence electrons. The molecule has 1 rings (SSSR count). The van der Waals surface area contributed by atoms with Gasteiger partial charge in [0.25, 0.3) is 0 Å². The molecule has 1 aromatic rings. The first-order valence-corrected chi connectivity index (χ1v) is 6.06. The number of benzene rings is 1.